The smallest absolute Gasteiger partial charge is 0.295 e. The summed E-state index contributed by atoms with van der Waals surface area (Å²) < 4.78 is 15.8. The van der Waals surface area contributed by atoms with Crippen molar-refractivity contribution in [2.75, 3.05) is 34.0 Å². The molecule has 32 heavy (non-hydrogen) atoms. The number of Topliss-reactive ketones (excluding diaryl/α,β-unsaturated/α-hetero) is 1. The van der Waals surface area contributed by atoms with Crippen LogP contribution in [0.15, 0.2) is 48.0 Å². The first-order valence-electron chi connectivity index (χ1n) is 10.3. The third kappa shape index (κ3) is 4.55. The minimum atomic E-state index is -0.849. The number of aromatic hydroxyl groups is 1. The summed E-state index contributed by atoms with van der Waals surface area (Å²) >= 11 is 0. The van der Waals surface area contributed by atoms with Crippen molar-refractivity contribution in [1.82, 2.24) is 4.90 Å². The zero-order valence-corrected chi connectivity index (χ0v) is 18.3. The van der Waals surface area contributed by atoms with Crippen LogP contribution >= 0.6 is 0 Å². The maximum Gasteiger partial charge on any atom is 0.295 e. The number of methoxy groups -OCH3 is 2. The number of hydrogen-bond acceptors (Lipinski definition) is 7. The molecule has 0 aromatic heterocycles. The Hall–Kier alpha value is -3.52. The van der Waals surface area contributed by atoms with E-state index in [1.807, 2.05) is 0 Å². The largest absolute Gasteiger partial charge is 0.507 e. The van der Waals surface area contributed by atoms with E-state index in [2.05, 4.69) is 0 Å². The van der Waals surface area contributed by atoms with Crippen molar-refractivity contribution in [3.63, 3.8) is 0 Å². The Labute approximate surface area is 186 Å². The molecule has 1 fully saturated rings. The zero-order valence-electron chi connectivity index (χ0n) is 18.3. The Morgan fingerprint density at radius 1 is 1.12 bits per heavy atom. The van der Waals surface area contributed by atoms with Crippen molar-refractivity contribution >= 4 is 17.4 Å². The van der Waals surface area contributed by atoms with Crippen molar-refractivity contribution in [3.8, 4) is 17.2 Å². The van der Waals surface area contributed by atoms with Gasteiger partial charge in [-0.15, -0.1) is 0 Å². The quantitative estimate of drug-likeness (QED) is 0.266. The highest BCUT2D eigenvalue weighted by atomic mass is 16.5. The summed E-state index contributed by atoms with van der Waals surface area (Å²) in [5, 5.41) is 21.2. The lowest BCUT2D eigenvalue weighted by atomic mass is 9.95. The van der Waals surface area contributed by atoms with Gasteiger partial charge in [0.25, 0.3) is 11.7 Å². The molecule has 0 saturated carbocycles. The van der Waals surface area contributed by atoms with Crippen LogP contribution in [0.3, 0.4) is 0 Å². The molecule has 2 aromatic carbocycles. The van der Waals surface area contributed by atoms with E-state index in [0.717, 1.165) is 0 Å². The van der Waals surface area contributed by atoms with Gasteiger partial charge in [-0.3, -0.25) is 9.59 Å². The number of benzene rings is 2. The van der Waals surface area contributed by atoms with Crippen LogP contribution in [0.2, 0.25) is 0 Å². The summed E-state index contributed by atoms with van der Waals surface area (Å²) in [6.07, 6.45) is 0.510. The van der Waals surface area contributed by atoms with Crippen molar-refractivity contribution < 1.29 is 34.0 Å². The Kier molecular flexibility index (Phi) is 7.37. The first kappa shape index (κ1) is 23.1. The molecule has 8 nitrogen and oxygen atoms in total. The molecule has 1 amide bonds. The minimum Gasteiger partial charge on any atom is -0.507 e. The van der Waals surface area contributed by atoms with Gasteiger partial charge in [0.15, 0.2) is 11.5 Å². The first-order valence-corrected chi connectivity index (χ1v) is 10.3. The number of phenols is 1. The molecule has 0 radical (unpaired) electrons. The number of carbonyl (C=O) groups is 2. The number of ether oxygens (including phenoxy) is 3. The average molecular weight is 441 g/mol. The first-order chi connectivity index (χ1) is 15.4. The standard InChI is InChI=1S/C24H27NO7/c1-4-32-19-14-15(9-10-18(19)26)21-20(22(27)16-7-5-8-17(13-16)31-3)23(28)24(29)25(21)11-6-12-30-2/h5,7-10,13-14,21,26-27H,4,6,11-12H2,1-3H3/b22-20-. The van der Waals surface area contributed by atoms with E-state index in [0.29, 0.717) is 36.5 Å². The normalized spacial score (nSPS) is 17.6. The monoisotopic (exact) mass is 441 g/mol. The van der Waals surface area contributed by atoms with Gasteiger partial charge >= 0.3 is 0 Å². The van der Waals surface area contributed by atoms with E-state index in [1.54, 1.807) is 50.4 Å². The highest BCUT2D eigenvalue weighted by Crippen LogP contribution is 2.42. The number of nitrogens with zero attached hydrogens (tertiary/aromatic N) is 1. The molecule has 2 N–H and O–H groups in total. The number of likely N-dealkylation sites (tertiary alicyclic amines) is 1. The van der Waals surface area contributed by atoms with Gasteiger partial charge in [-0.25, -0.2) is 0 Å². The van der Waals surface area contributed by atoms with Crippen LogP contribution in [0.4, 0.5) is 0 Å². The summed E-state index contributed by atoms with van der Waals surface area (Å²) in [6.45, 7) is 2.77. The lowest BCUT2D eigenvalue weighted by Crippen LogP contribution is -2.31. The molecule has 0 aliphatic carbocycles. The Morgan fingerprint density at radius 3 is 2.59 bits per heavy atom. The second kappa shape index (κ2) is 10.2. The topological polar surface area (TPSA) is 106 Å². The summed E-state index contributed by atoms with van der Waals surface area (Å²) in [6, 6.07) is 10.4. The molecule has 1 atom stereocenters. The van der Waals surface area contributed by atoms with Crippen LogP contribution in [0, 0.1) is 0 Å². The van der Waals surface area contributed by atoms with Gasteiger partial charge in [0, 0.05) is 25.8 Å². The van der Waals surface area contributed by atoms with Crippen LogP contribution in [0.5, 0.6) is 17.2 Å². The van der Waals surface area contributed by atoms with Gasteiger partial charge < -0.3 is 29.3 Å². The van der Waals surface area contributed by atoms with Crippen LogP contribution in [0.25, 0.3) is 5.76 Å². The summed E-state index contributed by atoms with van der Waals surface area (Å²) in [5.41, 5.74) is 0.856. The van der Waals surface area contributed by atoms with Crippen LogP contribution in [-0.4, -0.2) is 60.8 Å². The molecule has 3 rings (SSSR count). The van der Waals surface area contributed by atoms with Gasteiger partial charge in [0.1, 0.15) is 11.5 Å². The fourth-order valence-electron chi connectivity index (χ4n) is 3.73. The van der Waals surface area contributed by atoms with Crippen LogP contribution in [-0.2, 0) is 14.3 Å². The SMILES string of the molecule is CCOc1cc(C2/C(=C(/O)c3cccc(OC)c3)C(=O)C(=O)N2CCCOC)ccc1O. The third-order valence-corrected chi connectivity index (χ3v) is 5.23. The van der Waals surface area contributed by atoms with Gasteiger partial charge in [-0.1, -0.05) is 18.2 Å². The molecule has 1 saturated heterocycles. The Morgan fingerprint density at radius 2 is 1.91 bits per heavy atom. The number of hydrogen-bond donors (Lipinski definition) is 2. The van der Waals surface area contributed by atoms with E-state index >= 15 is 0 Å². The maximum atomic E-state index is 13.0. The fourth-order valence-corrected chi connectivity index (χ4v) is 3.73. The summed E-state index contributed by atoms with van der Waals surface area (Å²) in [4.78, 5) is 27.4. The second-order valence-corrected chi connectivity index (χ2v) is 7.23. The Balaban J connectivity index is 2.16. The number of aliphatic hydroxyl groups is 1. The maximum absolute atomic E-state index is 13.0. The minimum absolute atomic E-state index is 0.0335. The summed E-state index contributed by atoms with van der Waals surface area (Å²) in [5.74, 6) is -1.11. The Bertz CT molecular complexity index is 1030. The molecule has 0 spiro atoms. The van der Waals surface area contributed by atoms with Crippen LogP contribution in [0.1, 0.15) is 30.5 Å². The second-order valence-electron chi connectivity index (χ2n) is 7.23. The lowest BCUT2D eigenvalue weighted by Gasteiger charge is -2.25. The van der Waals surface area contributed by atoms with Gasteiger partial charge in [-0.2, -0.15) is 0 Å². The molecule has 0 bridgehead atoms. The van der Waals surface area contributed by atoms with E-state index in [9.17, 15) is 19.8 Å². The molecular weight excluding hydrogens is 414 g/mol. The molecule has 1 aliphatic rings. The van der Waals surface area contributed by atoms with Gasteiger partial charge in [0.05, 0.1) is 25.3 Å². The zero-order chi connectivity index (χ0) is 23.3. The van der Waals surface area contributed by atoms with E-state index in [4.69, 9.17) is 14.2 Å². The number of aliphatic hydroxyl groups excluding tert-OH is 1. The van der Waals surface area contributed by atoms with Crippen molar-refractivity contribution in [2.24, 2.45) is 0 Å². The molecule has 2 aromatic rings. The number of rotatable bonds is 9. The fraction of sp³-hybridized carbons (Fsp3) is 0.333. The van der Waals surface area contributed by atoms with E-state index < -0.39 is 17.7 Å². The van der Waals surface area contributed by atoms with Crippen molar-refractivity contribution in [2.45, 2.75) is 19.4 Å². The molecule has 1 heterocycles. The average Bonchev–Trinajstić information content (AvgIpc) is 3.05. The molecule has 1 aliphatic heterocycles. The predicted octanol–water partition coefficient (Wildman–Crippen LogP) is 3.26. The molecule has 8 heteroatoms. The highest BCUT2D eigenvalue weighted by Gasteiger charge is 2.46. The number of amides is 1. The number of carbonyl (C=O) groups excluding carboxylic acids is 2. The lowest BCUT2D eigenvalue weighted by molar-refractivity contribution is -0.140. The predicted molar refractivity (Wildman–Crippen MR) is 118 cm³/mol. The van der Waals surface area contributed by atoms with Crippen molar-refractivity contribution in [1.29, 1.82) is 0 Å². The molecule has 1 unspecified atom stereocenters. The summed E-state index contributed by atoms with van der Waals surface area (Å²) in [7, 11) is 3.06. The van der Waals surface area contributed by atoms with E-state index in [1.165, 1.54) is 18.1 Å². The number of ketones is 1. The highest BCUT2D eigenvalue weighted by molar-refractivity contribution is 6.46. The van der Waals surface area contributed by atoms with Gasteiger partial charge in [0.2, 0.25) is 0 Å². The molecular formula is C24H27NO7. The van der Waals surface area contributed by atoms with Gasteiger partial charge in [-0.05, 0) is 43.2 Å². The van der Waals surface area contributed by atoms with Crippen LogP contribution < -0.4 is 9.47 Å². The van der Waals surface area contributed by atoms with E-state index in [-0.39, 0.29) is 29.4 Å². The number of phenolic OH excluding ortho intramolecular Hbond substituents is 1. The third-order valence-electron chi connectivity index (χ3n) is 5.23. The van der Waals surface area contributed by atoms with Crippen molar-refractivity contribution in [3.05, 3.63) is 59.2 Å². The molecule has 170 valence electrons.